The number of sulfonamides is 1. The van der Waals surface area contributed by atoms with Crippen molar-refractivity contribution in [2.24, 2.45) is 0 Å². The van der Waals surface area contributed by atoms with Gasteiger partial charge < -0.3 is 18.5 Å². The fraction of sp³-hybridized carbons (Fsp3) is 0.100. The van der Waals surface area contributed by atoms with Crippen molar-refractivity contribution >= 4 is 15.9 Å². The standard InChI is InChI=1S/C30H24N4O6S/c1-18-19(2)33-40-28(18)34-41(36,37)26-11-7-6-10-23(26)22-13-12-21(29-31-14-15-38-29)16-24(22)27(35)30-32-17-25(39-30)20-8-4-3-5-9-20/h3-17,27,34-35H,1-2H3. The molecule has 0 aliphatic carbocycles. The molecule has 3 aromatic carbocycles. The molecule has 0 saturated heterocycles. The molecule has 6 aromatic rings. The summed E-state index contributed by atoms with van der Waals surface area (Å²) in [5.74, 6) is 0.891. The minimum atomic E-state index is -4.13. The maximum absolute atomic E-state index is 13.6. The summed E-state index contributed by atoms with van der Waals surface area (Å²) in [4.78, 5) is 8.51. The van der Waals surface area contributed by atoms with Crippen LogP contribution in [0.4, 0.5) is 5.88 Å². The second kappa shape index (κ2) is 10.5. The number of anilines is 1. The number of aryl methyl sites for hydroxylation is 1. The van der Waals surface area contributed by atoms with Gasteiger partial charge in [-0.2, -0.15) is 0 Å². The van der Waals surface area contributed by atoms with Crippen molar-refractivity contribution in [3.8, 4) is 33.9 Å². The van der Waals surface area contributed by atoms with Crippen LogP contribution < -0.4 is 4.72 Å². The monoisotopic (exact) mass is 568 g/mol. The fourth-order valence-electron chi connectivity index (χ4n) is 4.43. The lowest BCUT2D eigenvalue weighted by molar-refractivity contribution is 0.184. The van der Waals surface area contributed by atoms with Crippen LogP contribution in [-0.2, 0) is 10.0 Å². The van der Waals surface area contributed by atoms with E-state index in [-0.39, 0.29) is 16.7 Å². The van der Waals surface area contributed by atoms with Gasteiger partial charge in [-0.3, -0.25) is 0 Å². The third-order valence-corrected chi connectivity index (χ3v) is 8.08. The molecule has 0 bridgehead atoms. The van der Waals surface area contributed by atoms with Crippen LogP contribution in [0.15, 0.2) is 110 Å². The Kier molecular flexibility index (Phi) is 6.73. The summed E-state index contributed by atoms with van der Waals surface area (Å²) >= 11 is 0. The molecule has 2 N–H and O–H groups in total. The summed E-state index contributed by atoms with van der Waals surface area (Å²) in [6.07, 6.45) is 3.15. The molecular formula is C30H24N4O6S. The zero-order valence-electron chi connectivity index (χ0n) is 22.0. The van der Waals surface area contributed by atoms with Crippen LogP contribution in [0.1, 0.15) is 28.8 Å². The first-order valence-corrected chi connectivity index (χ1v) is 14.1. The van der Waals surface area contributed by atoms with E-state index in [9.17, 15) is 13.5 Å². The summed E-state index contributed by atoms with van der Waals surface area (Å²) in [5, 5.41) is 15.4. The lowest BCUT2D eigenvalue weighted by atomic mass is 9.94. The molecule has 41 heavy (non-hydrogen) atoms. The van der Waals surface area contributed by atoms with E-state index < -0.39 is 16.1 Å². The van der Waals surface area contributed by atoms with E-state index in [2.05, 4.69) is 19.8 Å². The highest BCUT2D eigenvalue weighted by atomic mass is 32.2. The van der Waals surface area contributed by atoms with Crippen molar-refractivity contribution in [1.82, 2.24) is 15.1 Å². The molecule has 1 unspecified atom stereocenters. The second-order valence-electron chi connectivity index (χ2n) is 9.29. The Morgan fingerprint density at radius 3 is 2.41 bits per heavy atom. The van der Waals surface area contributed by atoms with E-state index in [0.29, 0.717) is 45.2 Å². The zero-order chi connectivity index (χ0) is 28.6. The second-order valence-corrected chi connectivity index (χ2v) is 10.9. The number of hydrogen-bond acceptors (Lipinski definition) is 9. The Morgan fingerprint density at radius 2 is 1.68 bits per heavy atom. The Hall–Kier alpha value is -5.00. The number of nitrogens with zero attached hydrogens (tertiary/aromatic N) is 3. The summed E-state index contributed by atoms with van der Waals surface area (Å²) in [7, 11) is -4.13. The third kappa shape index (κ3) is 5.04. The van der Waals surface area contributed by atoms with E-state index in [0.717, 1.165) is 5.56 Å². The Bertz CT molecular complexity index is 1930. The van der Waals surface area contributed by atoms with Gasteiger partial charge in [-0.25, -0.2) is 23.1 Å². The largest absolute Gasteiger partial charge is 0.445 e. The van der Waals surface area contributed by atoms with Gasteiger partial charge in [0, 0.05) is 22.3 Å². The fourth-order valence-corrected chi connectivity index (χ4v) is 5.70. The van der Waals surface area contributed by atoms with E-state index in [1.807, 2.05) is 30.3 Å². The molecule has 1 atom stereocenters. The van der Waals surface area contributed by atoms with Gasteiger partial charge in [0.2, 0.25) is 17.7 Å². The Balaban J connectivity index is 1.47. The van der Waals surface area contributed by atoms with Crippen molar-refractivity contribution in [3.63, 3.8) is 0 Å². The van der Waals surface area contributed by atoms with Crippen LogP contribution in [-0.4, -0.2) is 28.6 Å². The molecule has 0 aliphatic rings. The molecule has 0 radical (unpaired) electrons. The predicted molar refractivity (Wildman–Crippen MR) is 150 cm³/mol. The summed E-state index contributed by atoms with van der Waals surface area (Å²) in [5.41, 5.74) is 3.66. The van der Waals surface area contributed by atoms with Crippen molar-refractivity contribution in [3.05, 3.63) is 114 Å². The van der Waals surface area contributed by atoms with Gasteiger partial charge in [-0.15, -0.1) is 0 Å². The topological polar surface area (TPSA) is 144 Å². The van der Waals surface area contributed by atoms with Crippen LogP contribution in [0.25, 0.3) is 33.9 Å². The van der Waals surface area contributed by atoms with Gasteiger partial charge in [0.15, 0.2) is 11.9 Å². The van der Waals surface area contributed by atoms with Crippen LogP contribution >= 0.6 is 0 Å². The molecule has 206 valence electrons. The first-order chi connectivity index (χ1) is 19.8. The third-order valence-electron chi connectivity index (χ3n) is 6.69. The Morgan fingerprint density at radius 1 is 0.902 bits per heavy atom. The van der Waals surface area contributed by atoms with Crippen LogP contribution in [0.5, 0.6) is 0 Å². The predicted octanol–water partition coefficient (Wildman–Crippen LogP) is 6.15. The number of rotatable bonds is 8. The van der Waals surface area contributed by atoms with Gasteiger partial charge in [0.25, 0.3) is 10.0 Å². The van der Waals surface area contributed by atoms with Gasteiger partial charge in [0.05, 0.1) is 23.0 Å². The van der Waals surface area contributed by atoms with E-state index in [1.54, 1.807) is 50.2 Å². The first-order valence-electron chi connectivity index (χ1n) is 12.6. The van der Waals surface area contributed by atoms with Crippen LogP contribution in [0.2, 0.25) is 0 Å². The van der Waals surface area contributed by atoms with Crippen molar-refractivity contribution in [2.45, 2.75) is 24.8 Å². The number of oxazole rings is 2. The lowest BCUT2D eigenvalue weighted by Gasteiger charge is -2.17. The average Bonchev–Trinajstić information content (AvgIpc) is 3.77. The molecule has 6 rings (SSSR count). The number of aliphatic hydroxyl groups is 1. The van der Waals surface area contributed by atoms with Gasteiger partial charge in [-0.05, 0) is 43.2 Å². The van der Waals surface area contributed by atoms with E-state index in [4.69, 9.17) is 13.4 Å². The van der Waals surface area contributed by atoms with Crippen molar-refractivity contribution in [1.29, 1.82) is 0 Å². The normalized spacial score (nSPS) is 12.4. The number of benzene rings is 3. The molecule has 0 amide bonds. The molecule has 3 heterocycles. The lowest BCUT2D eigenvalue weighted by Crippen LogP contribution is -2.15. The van der Waals surface area contributed by atoms with Gasteiger partial charge >= 0.3 is 0 Å². The smallest absolute Gasteiger partial charge is 0.264 e. The molecule has 0 spiro atoms. The molecule has 0 fully saturated rings. The Labute approximate surface area is 235 Å². The average molecular weight is 569 g/mol. The highest BCUT2D eigenvalue weighted by Gasteiger charge is 2.27. The van der Waals surface area contributed by atoms with Crippen molar-refractivity contribution < 1.29 is 26.9 Å². The van der Waals surface area contributed by atoms with E-state index in [1.165, 1.54) is 24.7 Å². The maximum atomic E-state index is 13.6. The minimum Gasteiger partial charge on any atom is -0.445 e. The zero-order valence-corrected chi connectivity index (χ0v) is 22.8. The SMILES string of the molecule is Cc1noc(NS(=O)(=O)c2ccccc2-c2ccc(-c3ncco3)cc2C(O)c2ncc(-c3ccccc3)o2)c1C. The van der Waals surface area contributed by atoms with Crippen molar-refractivity contribution in [2.75, 3.05) is 4.72 Å². The van der Waals surface area contributed by atoms with Gasteiger partial charge in [-0.1, -0.05) is 59.8 Å². The molecule has 3 aromatic heterocycles. The quantitative estimate of drug-likeness (QED) is 0.221. The highest BCUT2D eigenvalue weighted by Crippen LogP contribution is 2.38. The number of aromatic nitrogens is 3. The maximum Gasteiger partial charge on any atom is 0.264 e. The summed E-state index contributed by atoms with van der Waals surface area (Å²) in [6.45, 7) is 3.44. The summed E-state index contributed by atoms with van der Waals surface area (Å²) < 4.78 is 46.3. The summed E-state index contributed by atoms with van der Waals surface area (Å²) in [6, 6.07) is 21.0. The number of hydrogen-bond donors (Lipinski definition) is 2. The van der Waals surface area contributed by atoms with Crippen LogP contribution in [0.3, 0.4) is 0 Å². The number of nitrogens with one attached hydrogen (secondary N) is 1. The van der Waals surface area contributed by atoms with Crippen LogP contribution in [0, 0.1) is 13.8 Å². The van der Waals surface area contributed by atoms with E-state index >= 15 is 0 Å². The minimum absolute atomic E-state index is 0.0249. The number of aliphatic hydroxyl groups excluding tert-OH is 1. The molecule has 11 heteroatoms. The molecule has 0 aliphatic heterocycles. The molecular weight excluding hydrogens is 544 g/mol. The molecule has 0 saturated carbocycles. The van der Waals surface area contributed by atoms with Gasteiger partial charge in [0.1, 0.15) is 6.26 Å². The first kappa shape index (κ1) is 26.2. The highest BCUT2D eigenvalue weighted by molar-refractivity contribution is 7.92. The molecule has 10 nitrogen and oxygen atoms in total.